The lowest BCUT2D eigenvalue weighted by molar-refractivity contribution is -0.135. The lowest BCUT2D eigenvalue weighted by Crippen LogP contribution is -2.52. The van der Waals surface area contributed by atoms with Gasteiger partial charge in [-0.2, -0.15) is 11.8 Å². The van der Waals surface area contributed by atoms with Crippen molar-refractivity contribution in [1.29, 1.82) is 0 Å². The molecule has 3 nitrogen and oxygen atoms in total. The van der Waals surface area contributed by atoms with E-state index >= 15 is 0 Å². The maximum absolute atomic E-state index is 12.1. The molecule has 0 aromatic carbocycles. The summed E-state index contributed by atoms with van der Waals surface area (Å²) in [7, 11) is 0. The Balaban J connectivity index is 1.83. The van der Waals surface area contributed by atoms with Gasteiger partial charge in [-0.05, 0) is 38.4 Å². The van der Waals surface area contributed by atoms with Crippen LogP contribution >= 0.6 is 11.8 Å². The Morgan fingerprint density at radius 1 is 1.50 bits per heavy atom. The van der Waals surface area contributed by atoms with Gasteiger partial charge in [0, 0.05) is 17.8 Å². The summed E-state index contributed by atoms with van der Waals surface area (Å²) in [6, 6.07) is 0.397. The average molecular weight is 242 g/mol. The molecule has 2 aliphatic rings. The summed E-state index contributed by atoms with van der Waals surface area (Å²) in [6.45, 7) is 0.511. The summed E-state index contributed by atoms with van der Waals surface area (Å²) < 4.78 is 0. The lowest BCUT2D eigenvalue weighted by atomic mass is 9.68. The minimum atomic E-state index is -0.211. The summed E-state index contributed by atoms with van der Waals surface area (Å²) in [6.07, 6.45) is 8.78. The van der Waals surface area contributed by atoms with Gasteiger partial charge in [0.1, 0.15) is 0 Å². The topological polar surface area (TPSA) is 55.1 Å². The Labute approximate surface area is 102 Å². The Kier molecular flexibility index (Phi) is 3.80. The molecule has 0 saturated heterocycles. The van der Waals surface area contributed by atoms with Gasteiger partial charge >= 0.3 is 0 Å². The molecule has 92 valence electrons. The first kappa shape index (κ1) is 12.2. The quantitative estimate of drug-likeness (QED) is 0.786. The first-order chi connectivity index (χ1) is 7.70. The highest BCUT2D eigenvalue weighted by Crippen LogP contribution is 2.40. The van der Waals surface area contributed by atoms with Gasteiger partial charge in [0.15, 0.2) is 0 Å². The van der Waals surface area contributed by atoms with E-state index in [0.29, 0.717) is 12.6 Å². The normalized spacial score (nSPS) is 32.1. The molecule has 2 fully saturated rings. The molecule has 0 aliphatic heterocycles. The molecule has 4 heteroatoms. The molecule has 1 amide bonds. The number of hydrogen-bond acceptors (Lipinski definition) is 3. The van der Waals surface area contributed by atoms with Crippen molar-refractivity contribution in [3.05, 3.63) is 0 Å². The fourth-order valence-electron chi connectivity index (χ4n) is 2.75. The first-order valence-electron chi connectivity index (χ1n) is 6.24. The fourth-order valence-corrected chi connectivity index (χ4v) is 3.55. The van der Waals surface area contributed by atoms with Crippen LogP contribution in [0.2, 0.25) is 0 Å². The maximum Gasteiger partial charge on any atom is 0.227 e. The maximum atomic E-state index is 12.1. The number of carbonyl (C=O) groups excluding carboxylic acids is 1. The Morgan fingerprint density at radius 2 is 2.25 bits per heavy atom. The van der Waals surface area contributed by atoms with Gasteiger partial charge in [0.05, 0.1) is 5.41 Å². The number of nitrogens with one attached hydrogen (secondary N) is 1. The van der Waals surface area contributed by atoms with E-state index in [1.807, 2.05) is 11.8 Å². The van der Waals surface area contributed by atoms with Crippen LogP contribution in [-0.2, 0) is 4.79 Å². The molecule has 0 aromatic rings. The smallest absolute Gasteiger partial charge is 0.227 e. The van der Waals surface area contributed by atoms with Crippen molar-refractivity contribution in [2.24, 2.45) is 11.1 Å². The van der Waals surface area contributed by atoms with Gasteiger partial charge in [0.25, 0.3) is 0 Å². The highest BCUT2D eigenvalue weighted by atomic mass is 32.2. The molecule has 2 aliphatic carbocycles. The molecule has 0 bridgehead atoms. The van der Waals surface area contributed by atoms with Gasteiger partial charge in [-0.15, -0.1) is 0 Å². The SMILES string of the molecule is CSC1CCC(NC(=O)C2(CN)CCC2)C1. The van der Waals surface area contributed by atoms with Gasteiger partial charge in [-0.25, -0.2) is 0 Å². The molecule has 0 radical (unpaired) electrons. The van der Waals surface area contributed by atoms with Crippen molar-refractivity contribution in [1.82, 2.24) is 5.32 Å². The lowest BCUT2D eigenvalue weighted by Gasteiger charge is -2.39. The van der Waals surface area contributed by atoms with Crippen molar-refractivity contribution >= 4 is 17.7 Å². The molecule has 0 aromatic heterocycles. The van der Waals surface area contributed by atoms with E-state index < -0.39 is 0 Å². The number of hydrogen-bond donors (Lipinski definition) is 2. The van der Waals surface area contributed by atoms with E-state index in [1.54, 1.807) is 0 Å². The number of amides is 1. The second-order valence-electron chi connectivity index (χ2n) is 5.18. The van der Waals surface area contributed by atoms with Crippen molar-refractivity contribution in [2.45, 2.75) is 49.8 Å². The second-order valence-corrected chi connectivity index (χ2v) is 6.32. The number of rotatable bonds is 4. The third-order valence-corrected chi connectivity index (χ3v) is 5.33. The average Bonchev–Trinajstić information content (AvgIpc) is 2.64. The largest absolute Gasteiger partial charge is 0.353 e. The molecule has 3 N–H and O–H groups in total. The van der Waals surface area contributed by atoms with Gasteiger partial charge in [0.2, 0.25) is 5.91 Å². The molecule has 2 saturated carbocycles. The van der Waals surface area contributed by atoms with Crippen LogP contribution < -0.4 is 11.1 Å². The van der Waals surface area contributed by atoms with E-state index in [4.69, 9.17) is 5.73 Å². The minimum Gasteiger partial charge on any atom is -0.353 e. The molecular weight excluding hydrogens is 220 g/mol. The zero-order valence-corrected chi connectivity index (χ0v) is 10.8. The summed E-state index contributed by atoms with van der Waals surface area (Å²) in [5, 5.41) is 3.94. The molecule has 2 unspecified atom stereocenters. The van der Waals surface area contributed by atoms with Crippen LogP contribution in [0.1, 0.15) is 38.5 Å². The zero-order valence-electron chi connectivity index (χ0n) is 10.00. The molecule has 2 atom stereocenters. The third kappa shape index (κ3) is 2.23. The Hall–Kier alpha value is -0.220. The van der Waals surface area contributed by atoms with Gasteiger partial charge in [-0.3, -0.25) is 4.79 Å². The number of thioether (sulfide) groups is 1. The highest BCUT2D eigenvalue weighted by Gasteiger charge is 2.43. The molecule has 0 spiro atoms. The molecule has 16 heavy (non-hydrogen) atoms. The van der Waals surface area contributed by atoms with Crippen molar-refractivity contribution in [3.63, 3.8) is 0 Å². The van der Waals surface area contributed by atoms with Gasteiger partial charge < -0.3 is 11.1 Å². The third-order valence-electron chi connectivity index (χ3n) is 4.24. The van der Waals surface area contributed by atoms with Crippen LogP contribution in [0.25, 0.3) is 0 Å². The standard InChI is InChI=1S/C12H22N2OS/c1-16-10-4-3-9(7-10)14-11(15)12(8-13)5-2-6-12/h9-10H,2-8,13H2,1H3,(H,14,15). The van der Waals surface area contributed by atoms with E-state index in [1.165, 1.54) is 6.42 Å². The monoisotopic (exact) mass is 242 g/mol. The summed E-state index contributed by atoms with van der Waals surface area (Å²) in [5.41, 5.74) is 5.52. The van der Waals surface area contributed by atoms with E-state index in [0.717, 1.165) is 37.4 Å². The van der Waals surface area contributed by atoms with Crippen LogP contribution in [0, 0.1) is 5.41 Å². The Bertz CT molecular complexity index is 260. The number of nitrogens with two attached hydrogens (primary N) is 1. The molecule has 0 heterocycles. The van der Waals surface area contributed by atoms with Crippen LogP contribution in [0.5, 0.6) is 0 Å². The zero-order chi connectivity index (χ0) is 11.6. The van der Waals surface area contributed by atoms with Crippen LogP contribution in [0.3, 0.4) is 0 Å². The summed E-state index contributed by atoms with van der Waals surface area (Å²) in [4.78, 5) is 12.1. The van der Waals surface area contributed by atoms with Crippen LogP contribution in [0.15, 0.2) is 0 Å². The van der Waals surface area contributed by atoms with E-state index in [-0.39, 0.29) is 11.3 Å². The van der Waals surface area contributed by atoms with Crippen molar-refractivity contribution < 1.29 is 4.79 Å². The first-order valence-corrected chi connectivity index (χ1v) is 7.53. The van der Waals surface area contributed by atoms with E-state index in [2.05, 4.69) is 11.6 Å². The summed E-state index contributed by atoms with van der Waals surface area (Å²) >= 11 is 1.92. The van der Waals surface area contributed by atoms with Crippen molar-refractivity contribution in [3.8, 4) is 0 Å². The highest BCUT2D eigenvalue weighted by molar-refractivity contribution is 7.99. The van der Waals surface area contributed by atoms with Crippen LogP contribution in [0.4, 0.5) is 0 Å². The predicted molar refractivity (Wildman–Crippen MR) is 68.4 cm³/mol. The number of carbonyl (C=O) groups is 1. The van der Waals surface area contributed by atoms with Gasteiger partial charge in [-0.1, -0.05) is 6.42 Å². The fraction of sp³-hybridized carbons (Fsp3) is 0.917. The summed E-state index contributed by atoms with van der Waals surface area (Å²) in [5.74, 6) is 0.216. The second kappa shape index (κ2) is 4.96. The van der Waals surface area contributed by atoms with Crippen molar-refractivity contribution in [2.75, 3.05) is 12.8 Å². The predicted octanol–water partition coefficient (Wildman–Crippen LogP) is 1.52. The van der Waals surface area contributed by atoms with E-state index in [9.17, 15) is 4.79 Å². The Morgan fingerprint density at radius 3 is 2.69 bits per heavy atom. The molecule has 2 rings (SSSR count). The molecular formula is C12H22N2OS. The minimum absolute atomic E-state index is 0.211. The van der Waals surface area contributed by atoms with Crippen LogP contribution in [-0.4, -0.2) is 30.0 Å².